The first-order chi connectivity index (χ1) is 9.60. The molecule has 0 aliphatic heterocycles. The Kier molecular flexibility index (Phi) is 4.48. The summed E-state index contributed by atoms with van der Waals surface area (Å²) in [7, 11) is 1.88. The van der Waals surface area contributed by atoms with E-state index in [4.69, 9.17) is 0 Å². The molecule has 104 valence electrons. The summed E-state index contributed by atoms with van der Waals surface area (Å²) in [6, 6.07) is 11.7. The van der Waals surface area contributed by atoms with Gasteiger partial charge in [0.25, 0.3) is 5.91 Å². The van der Waals surface area contributed by atoms with Crippen LogP contribution in [0.4, 0.5) is 10.1 Å². The van der Waals surface area contributed by atoms with Gasteiger partial charge in [-0.1, -0.05) is 12.1 Å². The van der Waals surface area contributed by atoms with E-state index < -0.39 is 0 Å². The predicted molar refractivity (Wildman–Crippen MR) is 78.3 cm³/mol. The minimum absolute atomic E-state index is 0.233. The van der Waals surface area contributed by atoms with E-state index in [0.29, 0.717) is 11.1 Å². The molecule has 0 bridgehead atoms. The molecular formula is C16H17FN2O. The van der Waals surface area contributed by atoms with Gasteiger partial charge in [0.2, 0.25) is 0 Å². The van der Waals surface area contributed by atoms with Crippen LogP contribution in [0.3, 0.4) is 0 Å². The number of aryl methyl sites for hydroxylation is 1. The van der Waals surface area contributed by atoms with E-state index in [0.717, 1.165) is 17.8 Å². The van der Waals surface area contributed by atoms with Gasteiger partial charge in [-0.05, 0) is 55.4 Å². The lowest BCUT2D eigenvalue weighted by atomic mass is 10.1. The molecule has 0 aliphatic carbocycles. The largest absolute Gasteiger partial charge is 0.322 e. The number of carbonyl (C=O) groups is 1. The maximum atomic E-state index is 13.0. The normalized spacial score (nSPS) is 10.3. The second-order valence-electron chi connectivity index (χ2n) is 4.64. The van der Waals surface area contributed by atoms with Crippen LogP contribution in [0.1, 0.15) is 21.5 Å². The van der Waals surface area contributed by atoms with Gasteiger partial charge in [-0.25, -0.2) is 4.39 Å². The van der Waals surface area contributed by atoms with Crippen LogP contribution >= 0.6 is 0 Å². The van der Waals surface area contributed by atoms with Gasteiger partial charge >= 0.3 is 0 Å². The highest BCUT2D eigenvalue weighted by atomic mass is 19.1. The van der Waals surface area contributed by atoms with Crippen LogP contribution in [-0.2, 0) is 6.54 Å². The Bertz CT molecular complexity index is 608. The number of carbonyl (C=O) groups excluding carboxylic acids is 1. The summed E-state index contributed by atoms with van der Waals surface area (Å²) >= 11 is 0. The van der Waals surface area contributed by atoms with E-state index in [1.165, 1.54) is 18.2 Å². The van der Waals surface area contributed by atoms with Crippen molar-refractivity contribution in [2.45, 2.75) is 13.5 Å². The summed E-state index contributed by atoms with van der Waals surface area (Å²) < 4.78 is 13.0. The molecule has 0 aromatic heterocycles. The molecule has 0 fully saturated rings. The van der Waals surface area contributed by atoms with Gasteiger partial charge < -0.3 is 10.6 Å². The summed E-state index contributed by atoms with van der Waals surface area (Å²) in [6.07, 6.45) is 0. The van der Waals surface area contributed by atoms with Crippen LogP contribution in [0.15, 0.2) is 42.5 Å². The average Bonchev–Trinajstić information content (AvgIpc) is 2.41. The minimum Gasteiger partial charge on any atom is -0.322 e. The first-order valence-corrected chi connectivity index (χ1v) is 6.41. The monoisotopic (exact) mass is 272 g/mol. The fourth-order valence-corrected chi connectivity index (χ4v) is 1.99. The van der Waals surface area contributed by atoms with Crippen molar-refractivity contribution in [1.29, 1.82) is 0 Å². The number of hydrogen-bond acceptors (Lipinski definition) is 2. The highest BCUT2D eigenvalue weighted by molar-refractivity contribution is 6.05. The van der Waals surface area contributed by atoms with E-state index in [1.54, 1.807) is 6.92 Å². The third kappa shape index (κ3) is 3.42. The van der Waals surface area contributed by atoms with Gasteiger partial charge in [0.1, 0.15) is 5.82 Å². The summed E-state index contributed by atoms with van der Waals surface area (Å²) in [5, 5.41) is 5.87. The lowest BCUT2D eigenvalue weighted by Crippen LogP contribution is -2.13. The summed E-state index contributed by atoms with van der Waals surface area (Å²) in [5.74, 6) is -0.570. The van der Waals surface area contributed by atoms with Crippen LogP contribution in [0, 0.1) is 12.7 Å². The van der Waals surface area contributed by atoms with Crippen molar-refractivity contribution >= 4 is 11.6 Å². The van der Waals surface area contributed by atoms with Crippen LogP contribution in [0.5, 0.6) is 0 Å². The molecule has 0 atom stereocenters. The third-order valence-corrected chi connectivity index (χ3v) is 3.03. The van der Waals surface area contributed by atoms with Crippen molar-refractivity contribution < 1.29 is 9.18 Å². The molecule has 4 heteroatoms. The predicted octanol–water partition coefficient (Wildman–Crippen LogP) is 3.11. The van der Waals surface area contributed by atoms with Crippen molar-refractivity contribution in [2.24, 2.45) is 0 Å². The SMILES string of the molecule is CNCc1ccc(NC(=O)c2ccc(F)cc2C)cc1. The van der Waals surface area contributed by atoms with Crippen molar-refractivity contribution in [3.05, 3.63) is 65.0 Å². The van der Waals surface area contributed by atoms with Gasteiger partial charge in [0, 0.05) is 17.8 Å². The first-order valence-electron chi connectivity index (χ1n) is 6.41. The molecule has 0 aliphatic rings. The Hall–Kier alpha value is -2.20. The third-order valence-electron chi connectivity index (χ3n) is 3.03. The maximum Gasteiger partial charge on any atom is 0.255 e. The van der Waals surface area contributed by atoms with Gasteiger partial charge in [-0.15, -0.1) is 0 Å². The van der Waals surface area contributed by atoms with Crippen LogP contribution in [0.2, 0.25) is 0 Å². The molecule has 1 amide bonds. The van der Waals surface area contributed by atoms with E-state index in [-0.39, 0.29) is 11.7 Å². The zero-order valence-electron chi connectivity index (χ0n) is 11.5. The van der Waals surface area contributed by atoms with Gasteiger partial charge in [0.15, 0.2) is 0 Å². The molecule has 2 aromatic rings. The zero-order valence-corrected chi connectivity index (χ0v) is 11.5. The Labute approximate surface area is 117 Å². The van der Waals surface area contributed by atoms with Gasteiger partial charge in [-0.2, -0.15) is 0 Å². The number of hydrogen-bond donors (Lipinski definition) is 2. The number of anilines is 1. The van der Waals surface area contributed by atoms with Gasteiger partial charge in [0.05, 0.1) is 0 Å². The van der Waals surface area contributed by atoms with Crippen molar-refractivity contribution in [3.63, 3.8) is 0 Å². The topological polar surface area (TPSA) is 41.1 Å². The number of halogens is 1. The van der Waals surface area contributed by atoms with Crippen molar-refractivity contribution in [2.75, 3.05) is 12.4 Å². The molecule has 2 N–H and O–H groups in total. The summed E-state index contributed by atoms with van der Waals surface area (Å²) in [6.45, 7) is 2.50. The molecule has 2 aromatic carbocycles. The standard InChI is InChI=1S/C16H17FN2O/c1-11-9-13(17)5-8-15(11)16(20)19-14-6-3-12(4-7-14)10-18-2/h3-9,18H,10H2,1-2H3,(H,19,20). The second-order valence-corrected chi connectivity index (χ2v) is 4.64. The molecule has 3 nitrogen and oxygen atoms in total. The maximum absolute atomic E-state index is 13.0. The Morgan fingerprint density at radius 1 is 1.15 bits per heavy atom. The quantitative estimate of drug-likeness (QED) is 0.898. The number of rotatable bonds is 4. The fourth-order valence-electron chi connectivity index (χ4n) is 1.99. The van der Waals surface area contributed by atoms with E-state index >= 15 is 0 Å². The first kappa shape index (κ1) is 14.2. The molecular weight excluding hydrogens is 255 g/mol. The van der Waals surface area contributed by atoms with Crippen LogP contribution in [0.25, 0.3) is 0 Å². The zero-order chi connectivity index (χ0) is 14.5. The van der Waals surface area contributed by atoms with Crippen molar-refractivity contribution in [3.8, 4) is 0 Å². The fraction of sp³-hybridized carbons (Fsp3) is 0.188. The number of benzene rings is 2. The molecule has 0 heterocycles. The number of nitrogens with one attached hydrogen (secondary N) is 2. The Balaban J connectivity index is 2.11. The second kappa shape index (κ2) is 6.30. The lowest BCUT2D eigenvalue weighted by molar-refractivity contribution is 0.102. The smallest absolute Gasteiger partial charge is 0.255 e. The van der Waals surface area contributed by atoms with Crippen LogP contribution < -0.4 is 10.6 Å². The average molecular weight is 272 g/mol. The molecule has 20 heavy (non-hydrogen) atoms. The van der Waals surface area contributed by atoms with Crippen LogP contribution in [-0.4, -0.2) is 13.0 Å². The molecule has 0 unspecified atom stereocenters. The van der Waals surface area contributed by atoms with Gasteiger partial charge in [-0.3, -0.25) is 4.79 Å². The Morgan fingerprint density at radius 2 is 1.85 bits per heavy atom. The minimum atomic E-state index is -0.338. The molecule has 0 radical (unpaired) electrons. The molecule has 0 spiro atoms. The van der Waals surface area contributed by atoms with E-state index in [1.807, 2.05) is 31.3 Å². The lowest BCUT2D eigenvalue weighted by Gasteiger charge is -2.08. The highest BCUT2D eigenvalue weighted by Gasteiger charge is 2.09. The molecule has 0 saturated carbocycles. The van der Waals surface area contributed by atoms with Crippen molar-refractivity contribution in [1.82, 2.24) is 5.32 Å². The van der Waals surface area contributed by atoms with E-state index in [9.17, 15) is 9.18 Å². The van der Waals surface area contributed by atoms with E-state index in [2.05, 4.69) is 10.6 Å². The molecule has 2 rings (SSSR count). The number of amides is 1. The Morgan fingerprint density at radius 3 is 2.45 bits per heavy atom. The highest BCUT2D eigenvalue weighted by Crippen LogP contribution is 2.14. The molecule has 0 saturated heterocycles. The summed E-state index contributed by atoms with van der Waals surface area (Å²) in [4.78, 5) is 12.1. The summed E-state index contributed by atoms with van der Waals surface area (Å²) in [5.41, 5.74) is 2.96.